The molecule has 1 aliphatic rings. The minimum absolute atomic E-state index is 0.504. The van der Waals surface area contributed by atoms with Crippen LogP contribution in [-0.4, -0.2) is 64.0 Å². The Morgan fingerprint density at radius 2 is 1.79 bits per heavy atom. The Morgan fingerprint density at radius 3 is 2.38 bits per heavy atom. The summed E-state index contributed by atoms with van der Waals surface area (Å²) in [5, 5.41) is 0. The van der Waals surface area contributed by atoms with Crippen molar-refractivity contribution in [1.29, 1.82) is 0 Å². The van der Waals surface area contributed by atoms with Crippen molar-refractivity contribution in [3.05, 3.63) is 29.8 Å². The molecule has 1 aromatic rings. The minimum Gasteiger partial charge on any atom is -0.497 e. The first kappa shape index (κ1) is 19.2. The third-order valence-electron chi connectivity index (χ3n) is 4.30. The number of piperazine rings is 1. The van der Waals surface area contributed by atoms with Crippen LogP contribution < -0.4 is 9.46 Å². The van der Waals surface area contributed by atoms with Gasteiger partial charge in [0, 0.05) is 32.7 Å². The van der Waals surface area contributed by atoms with Gasteiger partial charge in [-0.15, -0.1) is 0 Å². The lowest BCUT2D eigenvalue weighted by molar-refractivity contribution is 0.185. The number of nitrogens with one attached hydrogen (secondary N) is 1. The van der Waals surface area contributed by atoms with Gasteiger partial charge < -0.3 is 9.64 Å². The van der Waals surface area contributed by atoms with Crippen molar-refractivity contribution in [2.24, 2.45) is 0 Å². The zero-order chi connectivity index (χ0) is 17.4. The van der Waals surface area contributed by atoms with Gasteiger partial charge in [0.15, 0.2) is 0 Å². The largest absolute Gasteiger partial charge is 0.497 e. The molecule has 1 aromatic carbocycles. The molecule has 0 saturated carbocycles. The van der Waals surface area contributed by atoms with Crippen LogP contribution in [0.4, 0.5) is 0 Å². The Balaban J connectivity index is 1.69. The molecule has 7 heteroatoms. The molecule has 1 fully saturated rings. The van der Waals surface area contributed by atoms with Crippen LogP contribution in [0.1, 0.15) is 25.3 Å². The first-order valence-corrected chi connectivity index (χ1v) is 10.1. The lowest BCUT2D eigenvalue weighted by Crippen LogP contribution is -2.52. The molecule has 0 aromatic heterocycles. The Kier molecular flexibility index (Phi) is 7.48. The molecular formula is C17H29N3O3S. The van der Waals surface area contributed by atoms with E-state index < -0.39 is 10.2 Å². The molecule has 1 heterocycles. The van der Waals surface area contributed by atoms with Gasteiger partial charge >= 0.3 is 0 Å². The number of ether oxygens (including phenoxy) is 1. The van der Waals surface area contributed by atoms with Crippen LogP contribution in [0.3, 0.4) is 0 Å². The average Bonchev–Trinajstić information content (AvgIpc) is 2.61. The summed E-state index contributed by atoms with van der Waals surface area (Å²) in [6.07, 6.45) is 2.91. The first-order chi connectivity index (χ1) is 11.5. The van der Waals surface area contributed by atoms with Crippen molar-refractivity contribution in [2.45, 2.75) is 26.2 Å². The molecule has 0 amide bonds. The van der Waals surface area contributed by atoms with Gasteiger partial charge in [0.25, 0.3) is 10.2 Å². The molecule has 0 radical (unpaired) electrons. The fourth-order valence-electron chi connectivity index (χ4n) is 2.81. The molecule has 24 heavy (non-hydrogen) atoms. The van der Waals surface area contributed by atoms with E-state index in [9.17, 15) is 8.42 Å². The van der Waals surface area contributed by atoms with E-state index in [-0.39, 0.29) is 0 Å². The van der Waals surface area contributed by atoms with E-state index in [1.807, 2.05) is 19.1 Å². The van der Waals surface area contributed by atoms with Gasteiger partial charge in [-0.1, -0.05) is 19.1 Å². The third-order valence-corrected chi connectivity index (χ3v) is 5.92. The van der Waals surface area contributed by atoms with Crippen molar-refractivity contribution in [3.63, 3.8) is 0 Å². The SMILES string of the molecule is CCCNS(=O)(=O)N1CCN(CCCc2ccc(OC)cc2)CC1. The van der Waals surface area contributed by atoms with Crippen LogP contribution in [0, 0.1) is 0 Å². The number of benzene rings is 1. The normalized spacial score (nSPS) is 17.1. The predicted molar refractivity (Wildman–Crippen MR) is 96.5 cm³/mol. The second-order valence-corrected chi connectivity index (χ2v) is 7.85. The topological polar surface area (TPSA) is 61.9 Å². The summed E-state index contributed by atoms with van der Waals surface area (Å²) in [5.74, 6) is 0.882. The Labute approximate surface area is 146 Å². The van der Waals surface area contributed by atoms with Crippen molar-refractivity contribution in [3.8, 4) is 5.75 Å². The van der Waals surface area contributed by atoms with E-state index >= 15 is 0 Å². The van der Waals surface area contributed by atoms with Gasteiger partial charge in [0.05, 0.1) is 7.11 Å². The summed E-state index contributed by atoms with van der Waals surface area (Å²) in [6.45, 7) is 6.21. The Hall–Kier alpha value is -1.15. The molecule has 0 spiro atoms. The van der Waals surface area contributed by atoms with Crippen LogP contribution in [0.15, 0.2) is 24.3 Å². The molecule has 2 rings (SSSR count). The summed E-state index contributed by atoms with van der Waals surface area (Å²) in [4.78, 5) is 2.34. The lowest BCUT2D eigenvalue weighted by atomic mass is 10.1. The standard InChI is InChI=1S/C17H29N3O3S/c1-3-10-18-24(21,22)20-14-12-19(13-15-20)11-4-5-16-6-8-17(23-2)9-7-16/h6-9,18H,3-5,10-15H2,1-2H3. The number of aryl methyl sites for hydroxylation is 1. The Morgan fingerprint density at radius 1 is 1.12 bits per heavy atom. The quantitative estimate of drug-likeness (QED) is 0.729. The van der Waals surface area contributed by atoms with Gasteiger partial charge in [-0.3, -0.25) is 0 Å². The maximum Gasteiger partial charge on any atom is 0.279 e. The molecule has 0 bridgehead atoms. The molecule has 1 N–H and O–H groups in total. The monoisotopic (exact) mass is 355 g/mol. The number of rotatable bonds is 9. The molecule has 1 aliphatic heterocycles. The third kappa shape index (κ3) is 5.73. The summed E-state index contributed by atoms with van der Waals surface area (Å²) in [5.41, 5.74) is 1.31. The van der Waals surface area contributed by atoms with Gasteiger partial charge in [0.1, 0.15) is 5.75 Å². The first-order valence-electron chi connectivity index (χ1n) is 8.65. The number of hydrogen-bond donors (Lipinski definition) is 1. The molecule has 0 unspecified atom stereocenters. The maximum atomic E-state index is 12.1. The molecule has 6 nitrogen and oxygen atoms in total. The van der Waals surface area contributed by atoms with Crippen LogP contribution in [0.25, 0.3) is 0 Å². The second kappa shape index (κ2) is 9.36. The van der Waals surface area contributed by atoms with Gasteiger partial charge in [-0.05, 0) is 43.5 Å². The smallest absolute Gasteiger partial charge is 0.279 e. The van der Waals surface area contributed by atoms with Gasteiger partial charge in [-0.25, -0.2) is 4.72 Å². The maximum absolute atomic E-state index is 12.1. The average molecular weight is 356 g/mol. The number of nitrogens with zero attached hydrogens (tertiary/aromatic N) is 2. The van der Waals surface area contributed by atoms with E-state index in [1.165, 1.54) is 5.56 Å². The summed E-state index contributed by atoms with van der Waals surface area (Å²) in [6, 6.07) is 8.18. The fraction of sp³-hybridized carbons (Fsp3) is 0.647. The molecule has 0 aliphatic carbocycles. The van der Waals surface area contributed by atoms with E-state index in [0.29, 0.717) is 19.6 Å². The van der Waals surface area contributed by atoms with Crippen molar-refractivity contribution in [1.82, 2.24) is 13.9 Å². The van der Waals surface area contributed by atoms with E-state index in [0.717, 1.165) is 44.6 Å². The second-order valence-electron chi connectivity index (χ2n) is 6.09. The number of hydrogen-bond acceptors (Lipinski definition) is 4. The van der Waals surface area contributed by atoms with Crippen LogP contribution in [-0.2, 0) is 16.6 Å². The van der Waals surface area contributed by atoms with Crippen LogP contribution in [0.5, 0.6) is 5.75 Å². The highest BCUT2D eigenvalue weighted by Crippen LogP contribution is 2.13. The highest BCUT2D eigenvalue weighted by molar-refractivity contribution is 7.87. The molecular weight excluding hydrogens is 326 g/mol. The summed E-state index contributed by atoms with van der Waals surface area (Å²) < 4.78 is 33.5. The van der Waals surface area contributed by atoms with Gasteiger partial charge in [0.2, 0.25) is 0 Å². The zero-order valence-corrected chi connectivity index (χ0v) is 15.5. The van der Waals surface area contributed by atoms with Crippen LogP contribution >= 0.6 is 0 Å². The van der Waals surface area contributed by atoms with Crippen molar-refractivity contribution in [2.75, 3.05) is 46.4 Å². The minimum atomic E-state index is -3.29. The highest BCUT2D eigenvalue weighted by atomic mass is 32.2. The van der Waals surface area contributed by atoms with Crippen LogP contribution in [0.2, 0.25) is 0 Å². The molecule has 0 atom stereocenters. The van der Waals surface area contributed by atoms with E-state index in [4.69, 9.17) is 4.74 Å². The van der Waals surface area contributed by atoms with Crippen molar-refractivity contribution < 1.29 is 13.2 Å². The highest BCUT2D eigenvalue weighted by Gasteiger charge is 2.25. The van der Waals surface area contributed by atoms with E-state index in [2.05, 4.69) is 21.8 Å². The molecule has 1 saturated heterocycles. The summed E-state index contributed by atoms with van der Waals surface area (Å²) in [7, 11) is -1.62. The van der Waals surface area contributed by atoms with E-state index in [1.54, 1.807) is 11.4 Å². The number of methoxy groups -OCH3 is 1. The molecule has 136 valence electrons. The fourth-order valence-corrected chi connectivity index (χ4v) is 4.10. The summed E-state index contributed by atoms with van der Waals surface area (Å²) >= 11 is 0. The van der Waals surface area contributed by atoms with Gasteiger partial charge in [-0.2, -0.15) is 12.7 Å². The Bertz CT molecular complexity index is 582. The van der Waals surface area contributed by atoms with Crippen molar-refractivity contribution >= 4 is 10.2 Å². The predicted octanol–water partition coefficient (Wildman–Crippen LogP) is 1.49. The lowest BCUT2D eigenvalue weighted by Gasteiger charge is -2.33. The zero-order valence-electron chi connectivity index (χ0n) is 14.7.